The fourth-order valence-electron chi connectivity index (χ4n) is 4.78. The van der Waals surface area contributed by atoms with Crippen molar-refractivity contribution in [3.8, 4) is 5.75 Å². The van der Waals surface area contributed by atoms with Crippen LogP contribution in [-0.4, -0.2) is 36.9 Å². The number of nitrogens with one attached hydrogen (secondary N) is 1. The molecule has 2 aliphatic rings. The maximum atomic E-state index is 13.2. The summed E-state index contributed by atoms with van der Waals surface area (Å²) >= 11 is 1.76. The lowest BCUT2D eigenvalue weighted by Crippen LogP contribution is -2.40. The molecule has 0 bridgehead atoms. The van der Waals surface area contributed by atoms with E-state index in [1.165, 1.54) is 23.3 Å². The van der Waals surface area contributed by atoms with E-state index in [4.69, 9.17) is 4.74 Å². The number of methoxy groups -OCH3 is 1. The topological polar surface area (TPSA) is 58.6 Å². The molecule has 1 fully saturated rings. The molecule has 1 atom stereocenters. The number of hydrogen-bond acceptors (Lipinski definition) is 4. The van der Waals surface area contributed by atoms with Gasteiger partial charge in [-0.3, -0.25) is 9.59 Å². The molecule has 166 valence electrons. The van der Waals surface area contributed by atoms with Gasteiger partial charge in [0.15, 0.2) is 0 Å². The number of ether oxygens (including phenoxy) is 1. The molecule has 31 heavy (non-hydrogen) atoms. The van der Waals surface area contributed by atoms with Crippen LogP contribution < -0.4 is 10.1 Å². The summed E-state index contributed by atoms with van der Waals surface area (Å²) in [5.41, 5.74) is 4.06. The van der Waals surface area contributed by atoms with E-state index in [1.54, 1.807) is 18.4 Å². The summed E-state index contributed by atoms with van der Waals surface area (Å²) in [4.78, 5) is 29.1. The largest absolute Gasteiger partial charge is 0.497 e. The average Bonchev–Trinajstić information content (AvgIpc) is 3.23. The fraction of sp³-hybridized carbons (Fsp3) is 0.520. The zero-order valence-corrected chi connectivity index (χ0v) is 19.4. The van der Waals surface area contributed by atoms with E-state index >= 15 is 0 Å². The van der Waals surface area contributed by atoms with E-state index in [0.717, 1.165) is 67.8 Å². The Balaban J connectivity index is 1.30. The van der Waals surface area contributed by atoms with Crippen LogP contribution in [0, 0.1) is 12.8 Å². The second-order valence-electron chi connectivity index (χ2n) is 8.79. The Hall–Kier alpha value is -2.34. The quantitative estimate of drug-likeness (QED) is 0.670. The highest BCUT2D eigenvalue weighted by Crippen LogP contribution is 2.32. The minimum Gasteiger partial charge on any atom is -0.497 e. The molecule has 1 aliphatic heterocycles. The molecule has 2 heterocycles. The van der Waals surface area contributed by atoms with E-state index in [0.29, 0.717) is 12.3 Å². The van der Waals surface area contributed by atoms with Gasteiger partial charge in [0.2, 0.25) is 5.91 Å². The van der Waals surface area contributed by atoms with Gasteiger partial charge < -0.3 is 15.0 Å². The zero-order chi connectivity index (χ0) is 21.8. The number of carbonyl (C=O) groups is 2. The predicted molar refractivity (Wildman–Crippen MR) is 125 cm³/mol. The summed E-state index contributed by atoms with van der Waals surface area (Å²) in [5.74, 6) is 1.40. The highest BCUT2D eigenvalue weighted by atomic mass is 32.1. The number of thiophene rings is 1. The molecule has 2 aromatic rings. The standard InChI is InChI=1S/C25H32N2O3S/c1-17-14-19(30-2)10-11-22(17)26-24(28)12-9-18-6-5-13-27(15-18)25(29)21-16-31-23-8-4-3-7-20(21)23/h10-11,14,16,18H,3-9,12-13,15H2,1-2H3,(H,26,28)/t18-/m1/s1. The first-order valence-electron chi connectivity index (χ1n) is 11.4. The summed E-state index contributed by atoms with van der Waals surface area (Å²) in [5, 5.41) is 5.09. The number of fused-ring (bicyclic) bond motifs is 1. The minimum atomic E-state index is 0.0311. The zero-order valence-electron chi connectivity index (χ0n) is 18.5. The lowest BCUT2D eigenvalue weighted by atomic mass is 9.91. The number of hydrogen-bond donors (Lipinski definition) is 1. The second-order valence-corrected chi connectivity index (χ2v) is 9.75. The van der Waals surface area contributed by atoms with Crippen molar-refractivity contribution in [2.24, 2.45) is 5.92 Å². The number of benzene rings is 1. The Labute approximate surface area is 188 Å². The molecule has 1 aromatic heterocycles. The second kappa shape index (κ2) is 9.86. The van der Waals surface area contributed by atoms with Crippen LogP contribution in [0.25, 0.3) is 0 Å². The monoisotopic (exact) mass is 440 g/mol. The molecule has 0 unspecified atom stereocenters. The Bertz CT molecular complexity index is 952. The van der Waals surface area contributed by atoms with Crippen molar-refractivity contribution in [3.05, 3.63) is 45.1 Å². The van der Waals surface area contributed by atoms with Gasteiger partial charge in [0.25, 0.3) is 5.91 Å². The van der Waals surface area contributed by atoms with Crippen molar-refractivity contribution in [1.82, 2.24) is 4.90 Å². The molecule has 1 N–H and O–H groups in total. The third-order valence-electron chi connectivity index (χ3n) is 6.59. The van der Waals surface area contributed by atoms with Crippen LogP contribution in [0.3, 0.4) is 0 Å². The van der Waals surface area contributed by atoms with Crippen LogP contribution in [0.4, 0.5) is 5.69 Å². The van der Waals surface area contributed by atoms with Gasteiger partial charge in [-0.15, -0.1) is 11.3 Å². The molecule has 4 rings (SSSR count). The van der Waals surface area contributed by atoms with E-state index in [2.05, 4.69) is 10.7 Å². The maximum Gasteiger partial charge on any atom is 0.254 e. The van der Waals surface area contributed by atoms with E-state index < -0.39 is 0 Å². The number of carbonyl (C=O) groups excluding carboxylic acids is 2. The molecule has 2 amide bonds. The first kappa shape index (κ1) is 21.9. The number of rotatable bonds is 6. The third-order valence-corrected chi connectivity index (χ3v) is 7.67. The van der Waals surface area contributed by atoms with Crippen LogP contribution in [0.15, 0.2) is 23.6 Å². The highest BCUT2D eigenvalue weighted by Gasteiger charge is 2.28. The van der Waals surface area contributed by atoms with Gasteiger partial charge >= 0.3 is 0 Å². The Kier molecular flexibility index (Phi) is 6.96. The number of piperidine rings is 1. The number of anilines is 1. The lowest BCUT2D eigenvalue weighted by molar-refractivity contribution is -0.116. The summed E-state index contributed by atoms with van der Waals surface area (Å²) in [6, 6.07) is 5.66. The van der Waals surface area contributed by atoms with Crippen LogP contribution in [-0.2, 0) is 17.6 Å². The van der Waals surface area contributed by atoms with Crippen LogP contribution >= 0.6 is 11.3 Å². The van der Waals surface area contributed by atoms with Gasteiger partial charge in [0.05, 0.1) is 12.7 Å². The lowest BCUT2D eigenvalue weighted by Gasteiger charge is -2.33. The van der Waals surface area contributed by atoms with Gasteiger partial charge in [-0.25, -0.2) is 0 Å². The van der Waals surface area contributed by atoms with Gasteiger partial charge in [-0.05, 0) is 87.1 Å². The van der Waals surface area contributed by atoms with Crippen molar-refractivity contribution in [2.45, 2.75) is 58.3 Å². The molecule has 6 heteroatoms. The SMILES string of the molecule is COc1ccc(NC(=O)CC[C@H]2CCCN(C(=O)c3csc4c3CCCC4)C2)c(C)c1. The molecule has 1 aromatic carbocycles. The molecule has 0 spiro atoms. The molecule has 5 nitrogen and oxygen atoms in total. The van der Waals surface area contributed by atoms with Crippen molar-refractivity contribution < 1.29 is 14.3 Å². The van der Waals surface area contributed by atoms with Gasteiger partial charge in [0, 0.05) is 35.5 Å². The molecule has 1 aliphatic carbocycles. The first-order valence-corrected chi connectivity index (χ1v) is 12.3. The van der Waals surface area contributed by atoms with E-state index in [1.807, 2.05) is 30.0 Å². The normalized spacial score (nSPS) is 18.4. The number of amides is 2. The average molecular weight is 441 g/mol. The van der Waals surface area contributed by atoms with Crippen LogP contribution in [0.2, 0.25) is 0 Å². The van der Waals surface area contributed by atoms with Crippen LogP contribution in [0.1, 0.15) is 64.9 Å². The number of likely N-dealkylation sites (tertiary alicyclic amines) is 1. The molecule has 1 saturated heterocycles. The predicted octanol–water partition coefficient (Wildman–Crippen LogP) is 5.22. The summed E-state index contributed by atoms with van der Waals surface area (Å²) < 4.78 is 5.22. The third kappa shape index (κ3) is 5.12. The number of nitrogens with zero attached hydrogens (tertiary/aromatic N) is 1. The van der Waals surface area contributed by atoms with Crippen molar-refractivity contribution >= 4 is 28.8 Å². The first-order chi connectivity index (χ1) is 15.0. The van der Waals surface area contributed by atoms with Crippen LogP contribution in [0.5, 0.6) is 5.75 Å². The van der Waals surface area contributed by atoms with E-state index in [9.17, 15) is 9.59 Å². The smallest absolute Gasteiger partial charge is 0.254 e. The molecule has 0 radical (unpaired) electrons. The Morgan fingerprint density at radius 2 is 2.06 bits per heavy atom. The van der Waals surface area contributed by atoms with Gasteiger partial charge in [-0.2, -0.15) is 0 Å². The minimum absolute atomic E-state index is 0.0311. The van der Waals surface area contributed by atoms with Crippen molar-refractivity contribution in [3.63, 3.8) is 0 Å². The van der Waals surface area contributed by atoms with E-state index in [-0.39, 0.29) is 11.8 Å². The van der Waals surface area contributed by atoms with Crippen molar-refractivity contribution in [2.75, 3.05) is 25.5 Å². The summed E-state index contributed by atoms with van der Waals surface area (Å²) in [6.07, 6.45) is 7.99. The molecular weight excluding hydrogens is 408 g/mol. The highest BCUT2D eigenvalue weighted by molar-refractivity contribution is 7.10. The Morgan fingerprint density at radius 1 is 1.23 bits per heavy atom. The van der Waals surface area contributed by atoms with Gasteiger partial charge in [-0.1, -0.05) is 0 Å². The maximum absolute atomic E-state index is 13.2. The fourth-order valence-corrected chi connectivity index (χ4v) is 5.90. The Morgan fingerprint density at radius 3 is 2.87 bits per heavy atom. The van der Waals surface area contributed by atoms with Crippen molar-refractivity contribution in [1.29, 1.82) is 0 Å². The summed E-state index contributed by atoms with van der Waals surface area (Å²) in [7, 11) is 1.64. The summed E-state index contributed by atoms with van der Waals surface area (Å²) in [6.45, 7) is 3.56. The molecular formula is C25H32N2O3S. The van der Waals surface area contributed by atoms with Gasteiger partial charge in [0.1, 0.15) is 5.75 Å². The number of aryl methyl sites for hydroxylation is 2. The molecule has 0 saturated carbocycles.